The summed E-state index contributed by atoms with van der Waals surface area (Å²) in [7, 11) is 0. The van der Waals surface area contributed by atoms with E-state index in [9.17, 15) is 0 Å². The zero-order valence-electron chi connectivity index (χ0n) is 11.1. The van der Waals surface area contributed by atoms with Crippen LogP contribution in [0.15, 0.2) is 24.4 Å². The minimum Gasteiger partial charge on any atom is -0.377 e. The third-order valence-corrected chi connectivity index (χ3v) is 2.47. The molecule has 3 heteroatoms. The maximum atomic E-state index is 5.73. The fraction of sp³-hybridized carbons (Fsp3) is 0.643. The van der Waals surface area contributed by atoms with Crippen molar-refractivity contribution in [2.75, 3.05) is 19.7 Å². The van der Waals surface area contributed by atoms with Crippen molar-refractivity contribution >= 4 is 0 Å². The SMILES string of the molecule is CC(C)CNCC(C)OCCc1ccccn1. The van der Waals surface area contributed by atoms with Crippen LogP contribution < -0.4 is 5.32 Å². The van der Waals surface area contributed by atoms with Gasteiger partial charge >= 0.3 is 0 Å². The lowest BCUT2D eigenvalue weighted by Crippen LogP contribution is -2.30. The molecular formula is C14H24N2O. The normalized spacial score (nSPS) is 12.9. The standard InChI is InChI=1S/C14H24N2O/c1-12(2)10-15-11-13(3)17-9-7-14-6-4-5-8-16-14/h4-6,8,12-13,15H,7,9-11H2,1-3H3. The van der Waals surface area contributed by atoms with Gasteiger partial charge in [0.1, 0.15) is 0 Å². The topological polar surface area (TPSA) is 34.1 Å². The Balaban J connectivity index is 2.06. The molecule has 0 aliphatic heterocycles. The Hall–Kier alpha value is -0.930. The Morgan fingerprint density at radius 1 is 1.24 bits per heavy atom. The van der Waals surface area contributed by atoms with Crippen molar-refractivity contribution in [2.45, 2.75) is 33.3 Å². The molecule has 0 bridgehead atoms. The first-order chi connectivity index (χ1) is 8.18. The highest BCUT2D eigenvalue weighted by Gasteiger charge is 2.02. The lowest BCUT2D eigenvalue weighted by atomic mass is 10.2. The quantitative estimate of drug-likeness (QED) is 0.752. The fourth-order valence-corrected chi connectivity index (χ4v) is 1.54. The van der Waals surface area contributed by atoms with Crippen molar-refractivity contribution in [3.63, 3.8) is 0 Å². The van der Waals surface area contributed by atoms with Gasteiger partial charge < -0.3 is 10.1 Å². The average molecular weight is 236 g/mol. The van der Waals surface area contributed by atoms with Crippen LogP contribution in [0.3, 0.4) is 0 Å². The maximum absolute atomic E-state index is 5.73. The summed E-state index contributed by atoms with van der Waals surface area (Å²) in [6.45, 7) is 9.22. The Morgan fingerprint density at radius 2 is 2.06 bits per heavy atom. The Bertz CT molecular complexity index is 288. The molecule has 0 radical (unpaired) electrons. The summed E-state index contributed by atoms with van der Waals surface area (Å²) in [6, 6.07) is 5.98. The smallest absolute Gasteiger partial charge is 0.0671 e. The first kappa shape index (κ1) is 14.1. The Morgan fingerprint density at radius 3 is 2.71 bits per heavy atom. The number of nitrogens with one attached hydrogen (secondary N) is 1. The molecule has 0 fully saturated rings. The van der Waals surface area contributed by atoms with Crippen LogP contribution in [0.4, 0.5) is 0 Å². The molecule has 0 saturated carbocycles. The summed E-state index contributed by atoms with van der Waals surface area (Å²) < 4.78 is 5.73. The van der Waals surface area contributed by atoms with E-state index in [0.717, 1.165) is 31.8 Å². The molecule has 0 aromatic carbocycles. The van der Waals surface area contributed by atoms with E-state index in [-0.39, 0.29) is 6.10 Å². The summed E-state index contributed by atoms with van der Waals surface area (Å²) in [6.07, 6.45) is 2.97. The monoisotopic (exact) mass is 236 g/mol. The number of rotatable bonds is 8. The zero-order chi connectivity index (χ0) is 12.5. The molecule has 1 heterocycles. The zero-order valence-corrected chi connectivity index (χ0v) is 11.1. The van der Waals surface area contributed by atoms with Gasteiger partial charge in [-0.25, -0.2) is 0 Å². The summed E-state index contributed by atoms with van der Waals surface area (Å²) in [5.41, 5.74) is 1.09. The van der Waals surface area contributed by atoms with Gasteiger partial charge in [0, 0.05) is 24.9 Å². The third kappa shape index (κ3) is 7.08. The molecule has 1 aromatic heterocycles. The molecule has 1 unspecified atom stereocenters. The van der Waals surface area contributed by atoms with Crippen LogP contribution in [-0.2, 0) is 11.2 Å². The van der Waals surface area contributed by atoms with Crippen molar-refractivity contribution in [1.29, 1.82) is 0 Å². The first-order valence-electron chi connectivity index (χ1n) is 6.40. The van der Waals surface area contributed by atoms with Gasteiger partial charge in [0.2, 0.25) is 0 Å². The van der Waals surface area contributed by atoms with Gasteiger partial charge in [-0.15, -0.1) is 0 Å². The first-order valence-corrected chi connectivity index (χ1v) is 6.40. The van der Waals surface area contributed by atoms with Crippen LogP contribution in [0.5, 0.6) is 0 Å². The van der Waals surface area contributed by atoms with Crippen molar-refractivity contribution in [3.05, 3.63) is 30.1 Å². The summed E-state index contributed by atoms with van der Waals surface area (Å²) >= 11 is 0. The highest BCUT2D eigenvalue weighted by Crippen LogP contribution is 1.97. The molecule has 0 saturated heterocycles. The van der Waals surface area contributed by atoms with Gasteiger partial charge in [-0.1, -0.05) is 19.9 Å². The second kappa shape index (κ2) is 8.20. The van der Waals surface area contributed by atoms with E-state index in [1.54, 1.807) is 0 Å². The van der Waals surface area contributed by atoms with Gasteiger partial charge in [-0.05, 0) is 31.5 Å². The number of nitrogens with zero attached hydrogens (tertiary/aromatic N) is 1. The van der Waals surface area contributed by atoms with Gasteiger partial charge in [0.05, 0.1) is 12.7 Å². The number of ether oxygens (including phenoxy) is 1. The summed E-state index contributed by atoms with van der Waals surface area (Å²) in [5.74, 6) is 0.690. The third-order valence-electron chi connectivity index (χ3n) is 2.47. The lowest BCUT2D eigenvalue weighted by Gasteiger charge is -2.14. The van der Waals surface area contributed by atoms with E-state index >= 15 is 0 Å². The predicted molar refractivity (Wildman–Crippen MR) is 71.1 cm³/mol. The molecule has 1 aromatic rings. The average Bonchev–Trinajstić information content (AvgIpc) is 2.30. The minimum absolute atomic E-state index is 0.262. The van der Waals surface area contributed by atoms with Gasteiger partial charge in [0.25, 0.3) is 0 Å². The van der Waals surface area contributed by atoms with E-state index in [2.05, 4.69) is 31.1 Å². The number of aromatic nitrogens is 1. The molecule has 17 heavy (non-hydrogen) atoms. The van der Waals surface area contributed by atoms with Crippen LogP contribution in [0.2, 0.25) is 0 Å². The molecule has 0 spiro atoms. The Kier molecular flexibility index (Phi) is 6.82. The fourth-order valence-electron chi connectivity index (χ4n) is 1.54. The molecule has 0 aliphatic rings. The highest BCUT2D eigenvalue weighted by molar-refractivity contribution is 5.03. The molecule has 1 N–H and O–H groups in total. The number of hydrogen-bond donors (Lipinski definition) is 1. The van der Waals surface area contributed by atoms with Crippen LogP contribution in [-0.4, -0.2) is 30.8 Å². The molecule has 1 atom stereocenters. The van der Waals surface area contributed by atoms with Crippen molar-refractivity contribution in [3.8, 4) is 0 Å². The van der Waals surface area contributed by atoms with Crippen LogP contribution in [0.25, 0.3) is 0 Å². The van der Waals surface area contributed by atoms with E-state index in [1.807, 2.05) is 24.4 Å². The largest absolute Gasteiger partial charge is 0.377 e. The van der Waals surface area contributed by atoms with Crippen molar-refractivity contribution in [2.24, 2.45) is 5.92 Å². The second-order valence-electron chi connectivity index (χ2n) is 4.80. The van der Waals surface area contributed by atoms with Crippen molar-refractivity contribution < 1.29 is 4.74 Å². The van der Waals surface area contributed by atoms with Gasteiger partial charge in [-0.2, -0.15) is 0 Å². The van der Waals surface area contributed by atoms with Crippen LogP contribution in [0, 0.1) is 5.92 Å². The van der Waals surface area contributed by atoms with Gasteiger partial charge in [-0.3, -0.25) is 4.98 Å². The van der Waals surface area contributed by atoms with E-state index < -0.39 is 0 Å². The van der Waals surface area contributed by atoms with Gasteiger partial charge in [0.15, 0.2) is 0 Å². The second-order valence-corrected chi connectivity index (χ2v) is 4.80. The molecule has 96 valence electrons. The van der Waals surface area contributed by atoms with Crippen LogP contribution in [0.1, 0.15) is 26.5 Å². The Labute approximate surface area is 105 Å². The lowest BCUT2D eigenvalue weighted by molar-refractivity contribution is 0.0674. The summed E-state index contributed by atoms with van der Waals surface area (Å²) in [5, 5.41) is 3.39. The highest BCUT2D eigenvalue weighted by atomic mass is 16.5. The summed E-state index contributed by atoms with van der Waals surface area (Å²) in [4.78, 5) is 4.27. The van der Waals surface area contributed by atoms with E-state index in [1.165, 1.54) is 0 Å². The molecular weight excluding hydrogens is 212 g/mol. The molecule has 3 nitrogen and oxygen atoms in total. The van der Waals surface area contributed by atoms with E-state index in [4.69, 9.17) is 4.74 Å². The minimum atomic E-state index is 0.262. The molecule has 0 aliphatic carbocycles. The molecule has 1 rings (SSSR count). The maximum Gasteiger partial charge on any atom is 0.0671 e. The molecule has 0 amide bonds. The van der Waals surface area contributed by atoms with Crippen LogP contribution >= 0.6 is 0 Å². The van der Waals surface area contributed by atoms with Crippen molar-refractivity contribution in [1.82, 2.24) is 10.3 Å². The number of hydrogen-bond acceptors (Lipinski definition) is 3. The predicted octanol–water partition coefficient (Wildman–Crippen LogP) is 2.27. The number of pyridine rings is 1. The van der Waals surface area contributed by atoms with E-state index in [0.29, 0.717) is 5.92 Å².